The van der Waals surface area contributed by atoms with Crippen LogP contribution in [0.3, 0.4) is 0 Å². The molecule has 3 rings (SSSR count). The first kappa shape index (κ1) is 35.2. The molecule has 0 saturated carbocycles. The zero-order valence-electron chi connectivity index (χ0n) is 26.0. The number of fused-ring (bicyclic) bond motifs is 1. The predicted octanol–water partition coefficient (Wildman–Crippen LogP) is 0.565. The van der Waals surface area contributed by atoms with Gasteiger partial charge in [-0.2, -0.15) is 0 Å². The Bertz CT molecular complexity index is 1000. The summed E-state index contributed by atoms with van der Waals surface area (Å²) < 4.78 is 34.9. The average molecular weight is 614 g/mol. The Morgan fingerprint density at radius 1 is 1.09 bits per heavy atom. The topological polar surface area (TPSA) is 171 Å². The number of rotatable bonds is 7. The van der Waals surface area contributed by atoms with Crippen molar-refractivity contribution in [3.63, 3.8) is 0 Å². The molecule has 0 spiro atoms. The molecule has 0 aromatic heterocycles. The molecule has 2 N–H and O–H groups in total. The monoisotopic (exact) mass is 613 g/mol. The number of esters is 2. The smallest absolute Gasteiger partial charge is 0.309 e. The van der Waals surface area contributed by atoms with Crippen molar-refractivity contribution in [3.05, 3.63) is 12.2 Å². The molecule has 0 radical (unpaired) electrons. The summed E-state index contributed by atoms with van der Waals surface area (Å²) in [5.41, 5.74) is 0. The van der Waals surface area contributed by atoms with Crippen LogP contribution in [0.4, 0.5) is 0 Å². The van der Waals surface area contributed by atoms with Gasteiger partial charge in [-0.1, -0.05) is 6.92 Å². The number of ether oxygens (including phenoxy) is 6. The number of epoxide rings is 1. The van der Waals surface area contributed by atoms with Crippen molar-refractivity contribution in [2.75, 3.05) is 21.2 Å². The van der Waals surface area contributed by atoms with Crippen LogP contribution in [0.15, 0.2) is 12.2 Å². The van der Waals surface area contributed by atoms with E-state index in [-0.39, 0.29) is 37.3 Å². The van der Waals surface area contributed by atoms with Gasteiger partial charge in [-0.25, -0.2) is 0 Å². The first-order chi connectivity index (χ1) is 20.3. The SMILES string of the molecule is CO[C@@H]1[C@@H](OC2OC(C)[C@@H](O)C(N(C)C)[C@H]2O)[C@@H](CC=O)C[C@@H](C)C(=O)/C=C/C2OC2C[C@@H](C)OC(=O)C[C@H]1OC(C)=O. The second-order valence-corrected chi connectivity index (χ2v) is 12.0. The number of hydrogen-bond acceptors (Lipinski definition) is 13. The second-order valence-electron chi connectivity index (χ2n) is 12.0. The van der Waals surface area contributed by atoms with Crippen LogP contribution in [0.5, 0.6) is 0 Å². The highest BCUT2D eigenvalue weighted by Crippen LogP contribution is 2.34. The number of methoxy groups -OCH3 is 1. The summed E-state index contributed by atoms with van der Waals surface area (Å²) in [5.74, 6) is -2.77. The number of aldehydes is 1. The Balaban J connectivity index is 2.05. The van der Waals surface area contributed by atoms with Crippen molar-refractivity contribution in [1.82, 2.24) is 4.90 Å². The molecular formula is C30H47NO12. The number of allylic oxidation sites excluding steroid dienone is 1. The predicted molar refractivity (Wildman–Crippen MR) is 151 cm³/mol. The van der Waals surface area contributed by atoms with Gasteiger partial charge in [-0.05, 0) is 52.4 Å². The minimum absolute atomic E-state index is 0.0773. The molecule has 2 fully saturated rings. The van der Waals surface area contributed by atoms with Gasteiger partial charge >= 0.3 is 11.9 Å². The molecule has 0 aromatic rings. The number of aliphatic hydroxyl groups excluding tert-OH is 2. The molecule has 13 nitrogen and oxygen atoms in total. The lowest BCUT2D eigenvalue weighted by atomic mass is 9.83. The van der Waals surface area contributed by atoms with Crippen LogP contribution in [-0.4, -0.2) is 128 Å². The molecule has 13 heteroatoms. The van der Waals surface area contributed by atoms with Gasteiger partial charge in [-0.15, -0.1) is 0 Å². The van der Waals surface area contributed by atoms with Crippen molar-refractivity contribution in [2.45, 2.75) is 121 Å². The third-order valence-corrected chi connectivity index (χ3v) is 8.32. The highest BCUT2D eigenvalue weighted by atomic mass is 16.7. The van der Waals surface area contributed by atoms with E-state index in [0.717, 1.165) is 0 Å². The second kappa shape index (κ2) is 15.6. The fourth-order valence-electron chi connectivity index (χ4n) is 6.02. The molecule has 3 aliphatic heterocycles. The van der Waals surface area contributed by atoms with E-state index < -0.39 is 78.8 Å². The number of carbonyl (C=O) groups is 4. The maximum Gasteiger partial charge on any atom is 0.309 e. The maximum absolute atomic E-state index is 13.1. The summed E-state index contributed by atoms with van der Waals surface area (Å²) in [7, 11) is 4.74. The summed E-state index contributed by atoms with van der Waals surface area (Å²) in [6.07, 6.45) is -4.91. The van der Waals surface area contributed by atoms with Gasteiger partial charge in [0.05, 0.1) is 36.9 Å². The Labute approximate surface area is 252 Å². The van der Waals surface area contributed by atoms with Gasteiger partial charge < -0.3 is 48.3 Å². The summed E-state index contributed by atoms with van der Waals surface area (Å²) in [6, 6.07) is -0.759. The Morgan fingerprint density at radius 2 is 1.79 bits per heavy atom. The molecule has 5 unspecified atom stereocenters. The number of carbonyl (C=O) groups excluding carboxylic acids is 4. The lowest BCUT2D eigenvalue weighted by Gasteiger charge is -2.46. The molecule has 13 atom stereocenters. The quantitative estimate of drug-likeness (QED) is 0.232. The largest absolute Gasteiger partial charge is 0.462 e. The number of hydrogen-bond donors (Lipinski definition) is 2. The normalized spacial score (nSPS) is 42.0. The van der Waals surface area contributed by atoms with Crippen LogP contribution in [0.1, 0.15) is 53.4 Å². The third kappa shape index (κ3) is 9.37. The molecule has 0 bridgehead atoms. The fraction of sp³-hybridized carbons (Fsp3) is 0.800. The number of aliphatic hydroxyl groups is 2. The average Bonchev–Trinajstić information content (AvgIpc) is 3.65. The van der Waals surface area contributed by atoms with Gasteiger partial charge in [0.2, 0.25) is 0 Å². The maximum atomic E-state index is 13.1. The summed E-state index contributed by atoms with van der Waals surface area (Å²) in [5, 5.41) is 21.9. The van der Waals surface area contributed by atoms with E-state index in [1.807, 2.05) is 0 Å². The van der Waals surface area contributed by atoms with E-state index in [9.17, 15) is 29.4 Å². The van der Waals surface area contributed by atoms with Gasteiger partial charge in [0.25, 0.3) is 0 Å². The zero-order chi connectivity index (χ0) is 32.0. The van der Waals surface area contributed by atoms with E-state index in [0.29, 0.717) is 12.7 Å². The number of cyclic esters (lactones) is 1. The van der Waals surface area contributed by atoms with E-state index in [1.54, 1.807) is 45.8 Å². The minimum Gasteiger partial charge on any atom is -0.462 e. The van der Waals surface area contributed by atoms with Crippen molar-refractivity contribution in [3.8, 4) is 0 Å². The highest BCUT2D eigenvalue weighted by Gasteiger charge is 2.48. The van der Waals surface area contributed by atoms with Gasteiger partial charge in [0, 0.05) is 32.8 Å². The van der Waals surface area contributed by atoms with Gasteiger partial charge in [0.1, 0.15) is 36.8 Å². The van der Waals surface area contributed by atoms with Crippen LogP contribution >= 0.6 is 0 Å². The van der Waals surface area contributed by atoms with E-state index in [4.69, 9.17) is 28.4 Å². The van der Waals surface area contributed by atoms with E-state index in [1.165, 1.54) is 20.1 Å². The molecule has 0 aliphatic carbocycles. The molecule has 3 heterocycles. The standard InChI is InChI=1S/C30H47NO12/c1-15-12-19(10-11-32)28(43-30-27(37)25(31(5)6)26(36)17(3)40-30)29(38-7)23(41-18(4)33)14-24(35)39-16(2)13-22-21(42-22)9-8-20(15)34/h8-9,11,15-17,19,21-23,25-30,36-37H,10,12-14H2,1-7H3/b9-8+/t15-,16-,17?,19+,21?,22?,23-,25?,26-,27-,28+,29+,30?/m1/s1. The lowest BCUT2D eigenvalue weighted by molar-refractivity contribution is -0.309. The van der Waals surface area contributed by atoms with Crippen LogP contribution in [0.2, 0.25) is 0 Å². The minimum atomic E-state index is -1.33. The molecular weight excluding hydrogens is 566 g/mol. The van der Waals surface area contributed by atoms with Crippen LogP contribution < -0.4 is 0 Å². The molecule has 244 valence electrons. The Morgan fingerprint density at radius 3 is 2.40 bits per heavy atom. The molecule has 2 saturated heterocycles. The fourth-order valence-corrected chi connectivity index (χ4v) is 6.02. The van der Waals surface area contributed by atoms with Crippen molar-refractivity contribution >= 4 is 24.0 Å². The van der Waals surface area contributed by atoms with Crippen LogP contribution in [-0.2, 0) is 47.6 Å². The molecule has 0 aromatic carbocycles. The van der Waals surface area contributed by atoms with Crippen molar-refractivity contribution < 1.29 is 57.8 Å². The van der Waals surface area contributed by atoms with Crippen LogP contribution in [0.25, 0.3) is 0 Å². The Kier molecular flexibility index (Phi) is 12.8. The van der Waals surface area contributed by atoms with Gasteiger partial charge in [0.15, 0.2) is 12.1 Å². The van der Waals surface area contributed by atoms with Crippen molar-refractivity contribution in [1.29, 1.82) is 0 Å². The first-order valence-corrected chi connectivity index (χ1v) is 14.8. The summed E-state index contributed by atoms with van der Waals surface area (Å²) >= 11 is 0. The Hall–Kier alpha value is -2.26. The van der Waals surface area contributed by atoms with Crippen molar-refractivity contribution in [2.24, 2.45) is 11.8 Å². The summed E-state index contributed by atoms with van der Waals surface area (Å²) in [4.78, 5) is 52.0. The van der Waals surface area contributed by atoms with Crippen LogP contribution in [0, 0.1) is 11.8 Å². The summed E-state index contributed by atoms with van der Waals surface area (Å²) in [6.45, 7) is 6.27. The molecule has 0 amide bonds. The molecule has 3 aliphatic rings. The zero-order valence-corrected chi connectivity index (χ0v) is 26.0. The van der Waals surface area contributed by atoms with E-state index >= 15 is 0 Å². The number of nitrogens with zero attached hydrogens (tertiary/aromatic N) is 1. The number of ketones is 1. The first-order valence-electron chi connectivity index (χ1n) is 14.8. The van der Waals surface area contributed by atoms with E-state index in [2.05, 4.69) is 0 Å². The third-order valence-electron chi connectivity index (χ3n) is 8.32. The number of likely N-dealkylation sites (N-methyl/N-ethyl adjacent to an activating group) is 1. The van der Waals surface area contributed by atoms with Gasteiger partial charge in [-0.3, -0.25) is 14.4 Å². The molecule has 43 heavy (non-hydrogen) atoms. The highest BCUT2D eigenvalue weighted by molar-refractivity contribution is 5.91. The lowest BCUT2D eigenvalue weighted by Crippen LogP contribution is -2.63.